The number of ether oxygens (including phenoxy) is 1. The molecule has 1 aliphatic rings. The van der Waals surface area contributed by atoms with Gasteiger partial charge < -0.3 is 20.7 Å². The molecule has 0 unspecified atom stereocenters. The first kappa shape index (κ1) is 22.9. The number of anilines is 4. The largest absolute Gasteiger partial charge is 0.457 e. The number of fused-ring (bicyclic) bond motifs is 1. The van der Waals surface area contributed by atoms with Crippen LogP contribution in [0.4, 0.5) is 23.1 Å². The van der Waals surface area contributed by atoms with Crippen LogP contribution < -0.4 is 26.2 Å². The molecule has 1 aliphatic heterocycles. The van der Waals surface area contributed by atoms with E-state index in [1.165, 1.54) is 0 Å². The lowest BCUT2D eigenvalue weighted by molar-refractivity contribution is -0.123. The second-order valence-electron chi connectivity index (χ2n) is 8.40. The average molecular weight is 482 g/mol. The standard InChI is InChI=1S/C27H23N5O4/c1-16-7-9-18(10-8-16)29-27-31-24-23(26(35)32-27)21(15-22(33)30-24)25(34)28-17-11-13-20(14-12-17)36-19-5-3-2-4-6-19/h2-14,21H,15H2,1H3,(H,28,34)(H3,29,30,31,32,33,35)/t21-/m1/s1. The van der Waals surface area contributed by atoms with Gasteiger partial charge in [0.15, 0.2) is 0 Å². The van der Waals surface area contributed by atoms with E-state index < -0.39 is 23.3 Å². The summed E-state index contributed by atoms with van der Waals surface area (Å²) < 4.78 is 5.77. The highest BCUT2D eigenvalue weighted by molar-refractivity contribution is 6.04. The molecule has 9 heteroatoms. The van der Waals surface area contributed by atoms with Crippen LogP contribution in [0.5, 0.6) is 11.5 Å². The normalized spacial score (nSPS) is 14.4. The number of H-pyrrole nitrogens is 1. The van der Waals surface area contributed by atoms with Gasteiger partial charge in [0.05, 0.1) is 11.5 Å². The fourth-order valence-electron chi connectivity index (χ4n) is 3.89. The quantitative estimate of drug-likeness (QED) is 0.317. The molecule has 1 aromatic heterocycles. The van der Waals surface area contributed by atoms with E-state index in [1.54, 1.807) is 24.3 Å². The monoisotopic (exact) mass is 481 g/mol. The van der Waals surface area contributed by atoms with Crippen molar-refractivity contribution in [1.82, 2.24) is 9.97 Å². The molecular weight excluding hydrogens is 458 g/mol. The molecule has 4 aromatic rings. The first-order valence-electron chi connectivity index (χ1n) is 11.4. The number of nitrogens with zero attached hydrogens (tertiary/aromatic N) is 1. The fourth-order valence-corrected chi connectivity index (χ4v) is 3.89. The smallest absolute Gasteiger partial charge is 0.258 e. The number of hydrogen-bond donors (Lipinski definition) is 4. The van der Waals surface area contributed by atoms with Gasteiger partial charge in [0.2, 0.25) is 17.8 Å². The van der Waals surface area contributed by atoms with Gasteiger partial charge in [-0.25, -0.2) is 0 Å². The Morgan fingerprint density at radius 2 is 1.58 bits per heavy atom. The predicted octanol–water partition coefficient (Wildman–Crippen LogP) is 4.68. The predicted molar refractivity (Wildman–Crippen MR) is 137 cm³/mol. The van der Waals surface area contributed by atoms with Gasteiger partial charge in [-0.15, -0.1) is 0 Å². The molecular formula is C27H23N5O4. The zero-order valence-electron chi connectivity index (χ0n) is 19.4. The highest BCUT2D eigenvalue weighted by atomic mass is 16.5. The van der Waals surface area contributed by atoms with Crippen molar-refractivity contribution >= 4 is 35.0 Å². The summed E-state index contributed by atoms with van der Waals surface area (Å²) in [5.41, 5.74) is 1.94. The summed E-state index contributed by atoms with van der Waals surface area (Å²) in [5.74, 6) is -0.325. The number of benzene rings is 3. The molecule has 5 rings (SSSR count). The van der Waals surface area contributed by atoms with Crippen molar-refractivity contribution in [3.63, 3.8) is 0 Å². The Kier molecular flexibility index (Phi) is 6.19. The van der Waals surface area contributed by atoms with Crippen LogP contribution in [-0.4, -0.2) is 21.8 Å². The van der Waals surface area contributed by atoms with E-state index in [9.17, 15) is 14.4 Å². The Morgan fingerprint density at radius 3 is 2.31 bits per heavy atom. The molecule has 9 nitrogen and oxygen atoms in total. The summed E-state index contributed by atoms with van der Waals surface area (Å²) in [4.78, 5) is 45.4. The number of rotatable bonds is 6. The zero-order valence-corrected chi connectivity index (χ0v) is 19.4. The number of para-hydroxylation sites is 1. The van der Waals surface area contributed by atoms with Gasteiger partial charge in [-0.1, -0.05) is 35.9 Å². The van der Waals surface area contributed by atoms with Gasteiger partial charge in [0.25, 0.3) is 5.56 Å². The van der Waals surface area contributed by atoms with Crippen molar-refractivity contribution in [2.75, 3.05) is 16.0 Å². The summed E-state index contributed by atoms with van der Waals surface area (Å²) in [6, 6.07) is 23.7. The van der Waals surface area contributed by atoms with Gasteiger partial charge in [-0.05, 0) is 55.5 Å². The van der Waals surface area contributed by atoms with Crippen LogP contribution in [0, 0.1) is 6.92 Å². The second-order valence-corrected chi connectivity index (χ2v) is 8.40. The number of carbonyl (C=O) groups excluding carboxylic acids is 2. The third-order valence-electron chi connectivity index (χ3n) is 5.68. The number of hydrogen-bond acceptors (Lipinski definition) is 6. The van der Waals surface area contributed by atoms with Crippen molar-refractivity contribution in [1.29, 1.82) is 0 Å². The molecule has 36 heavy (non-hydrogen) atoms. The Balaban J connectivity index is 1.33. The maximum atomic E-state index is 13.1. The van der Waals surface area contributed by atoms with E-state index in [0.717, 1.165) is 11.3 Å². The Labute approximate surface area is 206 Å². The molecule has 0 bridgehead atoms. The number of aromatic amines is 1. The molecule has 180 valence electrons. The maximum Gasteiger partial charge on any atom is 0.258 e. The van der Waals surface area contributed by atoms with Gasteiger partial charge in [-0.3, -0.25) is 19.4 Å². The van der Waals surface area contributed by atoms with E-state index in [4.69, 9.17) is 4.74 Å². The highest BCUT2D eigenvalue weighted by Crippen LogP contribution is 2.30. The third-order valence-corrected chi connectivity index (χ3v) is 5.68. The molecule has 2 heterocycles. The zero-order chi connectivity index (χ0) is 25.1. The summed E-state index contributed by atoms with van der Waals surface area (Å²) in [6.07, 6.45) is -0.163. The van der Waals surface area contributed by atoms with E-state index in [-0.39, 0.29) is 23.8 Å². The highest BCUT2D eigenvalue weighted by Gasteiger charge is 2.34. The van der Waals surface area contributed by atoms with Gasteiger partial charge >= 0.3 is 0 Å². The first-order valence-corrected chi connectivity index (χ1v) is 11.4. The summed E-state index contributed by atoms with van der Waals surface area (Å²) in [7, 11) is 0. The van der Waals surface area contributed by atoms with Crippen molar-refractivity contribution in [2.45, 2.75) is 19.3 Å². The van der Waals surface area contributed by atoms with Crippen LogP contribution in [-0.2, 0) is 9.59 Å². The Morgan fingerprint density at radius 1 is 0.917 bits per heavy atom. The first-order chi connectivity index (χ1) is 17.4. The fraction of sp³-hybridized carbons (Fsp3) is 0.111. The summed E-state index contributed by atoms with van der Waals surface area (Å²) in [6.45, 7) is 1.97. The molecule has 0 aliphatic carbocycles. The minimum absolute atomic E-state index is 0.0661. The summed E-state index contributed by atoms with van der Waals surface area (Å²) in [5, 5.41) is 8.40. The van der Waals surface area contributed by atoms with Crippen LogP contribution in [0.1, 0.15) is 23.5 Å². The van der Waals surface area contributed by atoms with Crippen LogP contribution in [0.25, 0.3) is 0 Å². The molecule has 0 spiro atoms. The topological polar surface area (TPSA) is 125 Å². The number of amides is 2. The van der Waals surface area contributed by atoms with Gasteiger partial charge in [0.1, 0.15) is 17.3 Å². The molecule has 0 fully saturated rings. The Hall–Kier alpha value is -4.92. The third kappa shape index (κ3) is 5.10. The molecule has 2 amide bonds. The van der Waals surface area contributed by atoms with Gasteiger partial charge in [0, 0.05) is 17.8 Å². The van der Waals surface area contributed by atoms with Crippen molar-refractivity contribution in [3.8, 4) is 11.5 Å². The summed E-state index contributed by atoms with van der Waals surface area (Å²) >= 11 is 0. The lowest BCUT2D eigenvalue weighted by Crippen LogP contribution is -2.36. The Bertz CT molecular complexity index is 1470. The van der Waals surface area contributed by atoms with Crippen molar-refractivity contribution < 1.29 is 14.3 Å². The van der Waals surface area contributed by atoms with Crippen molar-refractivity contribution in [2.24, 2.45) is 0 Å². The number of nitrogens with one attached hydrogen (secondary N) is 4. The van der Waals surface area contributed by atoms with Crippen LogP contribution in [0.15, 0.2) is 83.7 Å². The molecule has 1 atom stereocenters. The molecule has 0 saturated carbocycles. The van der Waals surface area contributed by atoms with Gasteiger partial charge in [-0.2, -0.15) is 4.98 Å². The van der Waals surface area contributed by atoms with Crippen LogP contribution >= 0.6 is 0 Å². The van der Waals surface area contributed by atoms with E-state index in [2.05, 4.69) is 25.9 Å². The number of aryl methyl sites for hydroxylation is 1. The number of carbonyl (C=O) groups is 2. The van der Waals surface area contributed by atoms with Crippen LogP contribution in [0.3, 0.4) is 0 Å². The average Bonchev–Trinajstić information content (AvgIpc) is 2.86. The lowest BCUT2D eigenvalue weighted by Gasteiger charge is -2.23. The minimum Gasteiger partial charge on any atom is -0.457 e. The SMILES string of the molecule is Cc1ccc(Nc2nc3c(c(=O)[nH]2)[C@H](C(=O)Nc2ccc(Oc4ccccc4)cc2)CC(=O)N3)cc1. The maximum absolute atomic E-state index is 13.1. The lowest BCUT2D eigenvalue weighted by atomic mass is 9.92. The van der Waals surface area contributed by atoms with E-state index in [1.807, 2.05) is 61.5 Å². The minimum atomic E-state index is -0.987. The number of aromatic nitrogens is 2. The molecule has 3 aromatic carbocycles. The molecule has 4 N–H and O–H groups in total. The van der Waals surface area contributed by atoms with E-state index >= 15 is 0 Å². The molecule has 0 radical (unpaired) electrons. The van der Waals surface area contributed by atoms with Crippen molar-refractivity contribution in [3.05, 3.63) is 100 Å². The van der Waals surface area contributed by atoms with E-state index in [0.29, 0.717) is 17.2 Å². The van der Waals surface area contributed by atoms with Crippen LogP contribution in [0.2, 0.25) is 0 Å². The second kappa shape index (κ2) is 9.75. The molecule has 0 saturated heterocycles.